The Balaban J connectivity index is 1.81. The molecule has 0 saturated carbocycles. The quantitative estimate of drug-likeness (QED) is 0.402. The zero-order valence-corrected chi connectivity index (χ0v) is 19.4. The Morgan fingerprint density at radius 1 is 0.941 bits per heavy atom. The fourth-order valence-corrected chi connectivity index (χ4v) is 4.17. The number of ether oxygens (including phenoxy) is 2. The molecule has 4 rings (SSSR count). The molecule has 7 nitrogen and oxygen atoms in total. The van der Waals surface area contributed by atoms with Gasteiger partial charge in [-0.25, -0.2) is 17.8 Å². The average Bonchev–Trinajstić information content (AvgIpc) is 2.83. The molecule has 1 heterocycles. The molecule has 4 aromatic rings. The summed E-state index contributed by atoms with van der Waals surface area (Å²) in [5.41, 5.74) is 1.75. The first-order valence-electron chi connectivity index (χ1n) is 10.1. The summed E-state index contributed by atoms with van der Waals surface area (Å²) in [5, 5.41) is 3.06. The molecule has 0 fully saturated rings. The number of nitrogens with one attached hydrogen (secondary N) is 1. The molecule has 34 heavy (non-hydrogen) atoms. The predicted octanol–water partition coefficient (Wildman–Crippen LogP) is 4.71. The van der Waals surface area contributed by atoms with Gasteiger partial charge < -0.3 is 14.8 Å². The van der Waals surface area contributed by atoms with Crippen LogP contribution in [0.5, 0.6) is 11.5 Å². The van der Waals surface area contributed by atoms with Crippen molar-refractivity contribution in [1.29, 1.82) is 0 Å². The van der Waals surface area contributed by atoms with Crippen molar-refractivity contribution < 1.29 is 27.1 Å². The van der Waals surface area contributed by atoms with Gasteiger partial charge in [0, 0.05) is 17.2 Å². The molecule has 0 unspecified atom stereocenters. The van der Waals surface area contributed by atoms with E-state index >= 15 is 0 Å². The molecule has 0 aliphatic rings. The van der Waals surface area contributed by atoms with Gasteiger partial charge >= 0.3 is 0 Å². The normalized spacial score (nSPS) is 11.3. The standard InChI is InChI=1S/C25H21FN2O5S/c1-32-23-11-8-15(12-24(23)33-2)21-14-18(17-6-4-5-7-20(17)27-21)25(29)28-22-13-16(34(3,30)31)9-10-19(22)26/h4-14H,1-3H3,(H,28,29). The Labute approximate surface area is 196 Å². The number of pyridine rings is 1. The van der Waals surface area contributed by atoms with Crippen LogP contribution < -0.4 is 14.8 Å². The van der Waals surface area contributed by atoms with Gasteiger partial charge in [0.1, 0.15) is 5.82 Å². The number of rotatable bonds is 6. The highest BCUT2D eigenvalue weighted by atomic mass is 32.2. The molecule has 0 saturated heterocycles. The van der Waals surface area contributed by atoms with Crippen LogP contribution in [0.25, 0.3) is 22.2 Å². The third kappa shape index (κ3) is 4.55. The zero-order valence-electron chi connectivity index (χ0n) is 18.6. The molecule has 0 bridgehead atoms. The number of aromatic nitrogens is 1. The number of halogens is 1. The van der Waals surface area contributed by atoms with Gasteiger partial charge in [-0.2, -0.15) is 0 Å². The highest BCUT2D eigenvalue weighted by Crippen LogP contribution is 2.33. The second-order valence-corrected chi connectivity index (χ2v) is 9.53. The Morgan fingerprint density at radius 2 is 1.68 bits per heavy atom. The van der Waals surface area contributed by atoms with Gasteiger partial charge in [-0.3, -0.25) is 4.79 Å². The summed E-state index contributed by atoms with van der Waals surface area (Å²) in [6.45, 7) is 0. The van der Waals surface area contributed by atoms with E-state index in [1.807, 2.05) is 0 Å². The summed E-state index contributed by atoms with van der Waals surface area (Å²) in [6.07, 6.45) is 1.01. The van der Waals surface area contributed by atoms with Crippen molar-refractivity contribution in [2.75, 3.05) is 25.8 Å². The number of nitrogens with zero attached hydrogens (tertiary/aromatic N) is 1. The summed E-state index contributed by atoms with van der Waals surface area (Å²) in [6, 6.07) is 17.2. The number of carbonyl (C=O) groups excluding carboxylic acids is 1. The van der Waals surface area contributed by atoms with E-state index in [4.69, 9.17) is 9.47 Å². The summed E-state index contributed by atoms with van der Waals surface area (Å²) in [7, 11) is -0.527. The maximum Gasteiger partial charge on any atom is 0.256 e. The van der Waals surface area contributed by atoms with Crippen LogP contribution in [0.3, 0.4) is 0 Å². The molecule has 0 spiro atoms. The first-order chi connectivity index (χ1) is 16.2. The third-order valence-corrected chi connectivity index (χ3v) is 6.36. The Kier molecular flexibility index (Phi) is 6.21. The van der Waals surface area contributed by atoms with Crippen LogP contribution in [0.2, 0.25) is 0 Å². The molecule has 1 N–H and O–H groups in total. The van der Waals surface area contributed by atoms with E-state index in [2.05, 4.69) is 10.3 Å². The minimum Gasteiger partial charge on any atom is -0.493 e. The molecular formula is C25H21FN2O5S. The van der Waals surface area contributed by atoms with Gasteiger partial charge in [0.15, 0.2) is 21.3 Å². The molecule has 3 aromatic carbocycles. The lowest BCUT2D eigenvalue weighted by Gasteiger charge is -2.13. The van der Waals surface area contributed by atoms with Crippen LogP contribution >= 0.6 is 0 Å². The second-order valence-electron chi connectivity index (χ2n) is 7.51. The summed E-state index contributed by atoms with van der Waals surface area (Å²) < 4.78 is 48.8. The van der Waals surface area contributed by atoms with Crippen LogP contribution in [0.15, 0.2) is 71.6 Å². The topological polar surface area (TPSA) is 94.6 Å². The number of hydrogen-bond acceptors (Lipinski definition) is 6. The number of benzene rings is 3. The first-order valence-corrected chi connectivity index (χ1v) is 12.0. The van der Waals surface area contributed by atoms with Gasteiger partial charge in [0.05, 0.1) is 41.6 Å². The lowest BCUT2D eigenvalue weighted by molar-refractivity contribution is 0.102. The maximum atomic E-state index is 14.4. The largest absolute Gasteiger partial charge is 0.493 e. The molecule has 0 aliphatic carbocycles. The van der Waals surface area contributed by atoms with Crippen molar-refractivity contribution in [3.63, 3.8) is 0 Å². The monoisotopic (exact) mass is 480 g/mol. The first kappa shape index (κ1) is 23.2. The lowest BCUT2D eigenvalue weighted by Crippen LogP contribution is -2.14. The fraction of sp³-hybridized carbons (Fsp3) is 0.120. The van der Waals surface area contributed by atoms with Crippen molar-refractivity contribution in [3.8, 4) is 22.8 Å². The van der Waals surface area contributed by atoms with E-state index in [0.29, 0.717) is 33.7 Å². The Morgan fingerprint density at radius 3 is 2.38 bits per heavy atom. The maximum absolute atomic E-state index is 14.4. The van der Waals surface area contributed by atoms with Gasteiger partial charge in [-0.15, -0.1) is 0 Å². The Hall–Kier alpha value is -3.98. The van der Waals surface area contributed by atoms with Crippen molar-refractivity contribution in [1.82, 2.24) is 4.98 Å². The van der Waals surface area contributed by atoms with Crippen LogP contribution in [-0.2, 0) is 9.84 Å². The van der Waals surface area contributed by atoms with Crippen LogP contribution in [0.4, 0.5) is 10.1 Å². The predicted molar refractivity (Wildman–Crippen MR) is 128 cm³/mol. The van der Waals surface area contributed by atoms with Crippen molar-refractivity contribution in [2.45, 2.75) is 4.90 Å². The minimum absolute atomic E-state index is 0.102. The lowest BCUT2D eigenvalue weighted by atomic mass is 10.0. The van der Waals surface area contributed by atoms with Gasteiger partial charge in [-0.05, 0) is 48.5 Å². The van der Waals surface area contributed by atoms with Gasteiger partial charge in [-0.1, -0.05) is 18.2 Å². The molecule has 0 atom stereocenters. The van der Waals surface area contributed by atoms with Crippen LogP contribution in [0.1, 0.15) is 10.4 Å². The van der Waals surface area contributed by atoms with E-state index in [0.717, 1.165) is 24.5 Å². The van der Waals surface area contributed by atoms with Gasteiger partial charge in [0.2, 0.25) is 0 Å². The number of para-hydroxylation sites is 1. The summed E-state index contributed by atoms with van der Waals surface area (Å²) >= 11 is 0. The smallest absolute Gasteiger partial charge is 0.256 e. The molecular weight excluding hydrogens is 459 g/mol. The number of methoxy groups -OCH3 is 2. The number of sulfone groups is 1. The molecule has 9 heteroatoms. The second kappa shape index (κ2) is 9.11. The molecule has 1 amide bonds. The third-order valence-electron chi connectivity index (χ3n) is 5.25. The SMILES string of the molecule is COc1ccc(-c2cc(C(=O)Nc3cc(S(C)(=O)=O)ccc3F)c3ccccc3n2)cc1OC. The average molecular weight is 481 g/mol. The van der Waals surface area contributed by atoms with Crippen LogP contribution in [-0.4, -0.2) is 39.8 Å². The van der Waals surface area contributed by atoms with Crippen molar-refractivity contribution >= 4 is 32.3 Å². The zero-order chi connectivity index (χ0) is 24.5. The molecule has 174 valence electrons. The Bertz CT molecular complexity index is 1520. The van der Waals surface area contributed by atoms with E-state index in [9.17, 15) is 17.6 Å². The number of carbonyl (C=O) groups is 1. The highest BCUT2D eigenvalue weighted by Gasteiger charge is 2.18. The van der Waals surface area contributed by atoms with E-state index in [1.54, 1.807) is 48.5 Å². The van der Waals surface area contributed by atoms with E-state index in [-0.39, 0.29) is 16.1 Å². The number of amides is 1. The number of fused-ring (bicyclic) bond motifs is 1. The van der Waals surface area contributed by atoms with Crippen molar-refractivity contribution in [3.05, 3.63) is 78.1 Å². The van der Waals surface area contributed by atoms with Crippen molar-refractivity contribution in [2.24, 2.45) is 0 Å². The fourth-order valence-electron chi connectivity index (χ4n) is 3.53. The summed E-state index contributed by atoms with van der Waals surface area (Å²) in [5.74, 6) is -0.309. The molecule has 0 aliphatic heterocycles. The molecule has 0 radical (unpaired) electrons. The van der Waals surface area contributed by atoms with E-state index in [1.165, 1.54) is 14.2 Å². The number of hydrogen-bond donors (Lipinski definition) is 1. The minimum atomic E-state index is -3.58. The van der Waals surface area contributed by atoms with E-state index < -0.39 is 21.6 Å². The van der Waals surface area contributed by atoms with Gasteiger partial charge in [0.25, 0.3) is 5.91 Å². The summed E-state index contributed by atoms with van der Waals surface area (Å²) in [4.78, 5) is 17.8. The highest BCUT2D eigenvalue weighted by molar-refractivity contribution is 7.90. The number of anilines is 1. The van der Waals surface area contributed by atoms with Crippen LogP contribution in [0, 0.1) is 5.82 Å². The molecule has 1 aromatic heterocycles.